The van der Waals surface area contributed by atoms with Gasteiger partial charge >= 0.3 is 0 Å². The number of unbranched alkanes of at least 4 members (excludes halogenated alkanes) is 1. The Hall–Kier alpha value is 0.01000. The molecule has 1 aromatic rings. The molecule has 0 unspecified atom stereocenters. The van der Waals surface area contributed by atoms with Crippen molar-refractivity contribution in [2.75, 3.05) is 19.8 Å². The number of ether oxygens (including phenoxy) is 1. The van der Waals surface area contributed by atoms with Crippen LogP contribution >= 0.6 is 34.8 Å². The van der Waals surface area contributed by atoms with Crippen LogP contribution in [0.4, 0.5) is 0 Å². The molecule has 0 bridgehead atoms. The van der Waals surface area contributed by atoms with Gasteiger partial charge in [0.15, 0.2) is 0 Å². The van der Waals surface area contributed by atoms with E-state index in [1.807, 2.05) is 0 Å². The zero-order chi connectivity index (χ0) is 13.4. The van der Waals surface area contributed by atoms with E-state index < -0.39 is 0 Å². The van der Waals surface area contributed by atoms with Crippen molar-refractivity contribution in [3.8, 4) is 0 Å². The van der Waals surface area contributed by atoms with Crippen molar-refractivity contribution < 1.29 is 4.74 Å². The van der Waals surface area contributed by atoms with Crippen LogP contribution in [0.3, 0.4) is 0 Å². The highest BCUT2D eigenvalue weighted by molar-refractivity contribution is 6.44. The fourth-order valence-corrected chi connectivity index (χ4v) is 2.12. The molecule has 0 fully saturated rings. The molecule has 0 heterocycles. The van der Waals surface area contributed by atoms with Gasteiger partial charge in [-0.3, -0.25) is 0 Å². The van der Waals surface area contributed by atoms with Crippen molar-refractivity contribution in [2.24, 2.45) is 0 Å². The van der Waals surface area contributed by atoms with E-state index in [1.54, 1.807) is 12.1 Å². The second kappa shape index (κ2) is 9.00. The van der Waals surface area contributed by atoms with Gasteiger partial charge in [-0.15, -0.1) is 0 Å². The number of benzene rings is 1. The minimum atomic E-state index is 0.517. The fraction of sp³-hybridized carbons (Fsp3) is 0.538. The van der Waals surface area contributed by atoms with Gasteiger partial charge in [0.2, 0.25) is 0 Å². The summed E-state index contributed by atoms with van der Waals surface area (Å²) in [4.78, 5) is 0. The standard InChI is InChI=1S/C13H18Cl3NO/c1-2-3-7-18-8-6-17-9-10-11(14)4-5-12(15)13(10)16/h4-5,17H,2-3,6-9H2,1H3. The molecule has 1 aromatic carbocycles. The van der Waals surface area contributed by atoms with Crippen LogP contribution in [0.15, 0.2) is 12.1 Å². The molecule has 18 heavy (non-hydrogen) atoms. The predicted octanol–water partition coefficient (Wildman–Crippen LogP) is 4.55. The van der Waals surface area contributed by atoms with Crippen LogP contribution in [0.25, 0.3) is 0 Å². The third-order valence-corrected chi connectivity index (χ3v) is 3.70. The van der Waals surface area contributed by atoms with Crippen molar-refractivity contribution in [1.82, 2.24) is 5.32 Å². The molecule has 0 spiro atoms. The first kappa shape index (κ1) is 16.1. The zero-order valence-corrected chi connectivity index (χ0v) is 12.7. The van der Waals surface area contributed by atoms with E-state index >= 15 is 0 Å². The van der Waals surface area contributed by atoms with Crippen molar-refractivity contribution in [1.29, 1.82) is 0 Å². The first-order valence-electron chi connectivity index (χ1n) is 6.07. The fourth-order valence-electron chi connectivity index (χ4n) is 1.44. The zero-order valence-electron chi connectivity index (χ0n) is 10.4. The molecule has 0 aliphatic rings. The Morgan fingerprint density at radius 2 is 1.83 bits per heavy atom. The van der Waals surface area contributed by atoms with Gasteiger partial charge < -0.3 is 10.1 Å². The average molecular weight is 311 g/mol. The van der Waals surface area contributed by atoms with Gasteiger partial charge in [-0.05, 0) is 18.6 Å². The van der Waals surface area contributed by atoms with Crippen molar-refractivity contribution >= 4 is 34.8 Å². The molecule has 5 heteroatoms. The average Bonchev–Trinajstić information content (AvgIpc) is 2.36. The van der Waals surface area contributed by atoms with Gasteiger partial charge in [0.05, 0.1) is 16.7 Å². The molecule has 0 aliphatic heterocycles. The van der Waals surface area contributed by atoms with E-state index in [4.69, 9.17) is 39.5 Å². The number of nitrogens with one attached hydrogen (secondary N) is 1. The minimum absolute atomic E-state index is 0.517. The quantitative estimate of drug-likeness (QED) is 0.561. The Morgan fingerprint density at radius 1 is 1.11 bits per heavy atom. The molecule has 102 valence electrons. The molecule has 0 amide bonds. The topological polar surface area (TPSA) is 21.3 Å². The maximum atomic E-state index is 6.09. The Morgan fingerprint density at radius 3 is 2.56 bits per heavy atom. The highest BCUT2D eigenvalue weighted by Crippen LogP contribution is 2.31. The Balaban J connectivity index is 2.29. The summed E-state index contributed by atoms with van der Waals surface area (Å²) < 4.78 is 5.44. The van der Waals surface area contributed by atoms with E-state index in [-0.39, 0.29) is 0 Å². The largest absolute Gasteiger partial charge is 0.380 e. The Kier molecular flexibility index (Phi) is 8.03. The molecular formula is C13H18Cl3NO. The summed E-state index contributed by atoms with van der Waals surface area (Å²) in [5.41, 5.74) is 0.833. The normalized spacial score (nSPS) is 10.9. The van der Waals surface area contributed by atoms with Crippen molar-refractivity contribution in [3.63, 3.8) is 0 Å². The lowest BCUT2D eigenvalue weighted by molar-refractivity contribution is 0.133. The lowest BCUT2D eigenvalue weighted by atomic mass is 10.2. The van der Waals surface area contributed by atoms with Gasteiger partial charge in [0.25, 0.3) is 0 Å². The maximum Gasteiger partial charge on any atom is 0.0652 e. The number of halogens is 3. The van der Waals surface area contributed by atoms with E-state index in [0.29, 0.717) is 28.2 Å². The summed E-state index contributed by atoms with van der Waals surface area (Å²) in [6.07, 6.45) is 2.26. The maximum absolute atomic E-state index is 6.09. The molecule has 1 N–H and O–H groups in total. The van der Waals surface area contributed by atoms with Crippen LogP contribution < -0.4 is 5.32 Å². The summed E-state index contributed by atoms with van der Waals surface area (Å²) in [7, 11) is 0. The van der Waals surface area contributed by atoms with Crippen LogP contribution in [0.1, 0.15) is 25.3 Å². The smallest absolute Gasteiger partial charge is 0.0652 e. The molecule has 0 aliphatic carbocycles. The molecule has 0 saturated carbocycles. The van der Waals surface area contributed by atoms with Crippen LogP contribution in [-0.4, -0.2) is 19.8 Å². The number of rotatable bonds is 8. The third-order valence-electron chi connectivity index (χ3n) is 2.51. The summed E-state index contributed by atoms with van der Waals surface area (Å²) >= 11 is 18.1. The van der Waals surface area contributed by atoms with Crippen molar-refractivity contribution in [2.45, 2.75) is 26.3 Å². The minimum Gasteiger partial charge on any atom is -0.380 e. The molecule has 0 aromatic heterocycles. The first-order valence-corrected chi connectivity index (χ1v) is 7.21. The van der Waals surface area contributed by atoms with E-state index in [2.05, 4.69) is 12.2 Å². The summed E-state index contributed by atoms with van der Waals surface area (Å²) in [6, 6.07) is 3.45. The highest BCUT2D eigenvalue weighted by atomic mass is 35.5. The van der Waals surface area contributed by atoms with E-state index in [1.165, 1.54) is 0 Å². The molecule has 0 saturated heterocycles. The van der Waals surface area contributed by atoms with Crippen LogP contribution in [0.5, 0.6) is 0 Å². The van der Waals surface area contributed by atoms with E-state index in [0.717, 1.165) is 31.6 Å². The Bertz CT molecular complexity index is 371. The second-order valence-electron chi connectivity index (χ2n) is 3.96. The predicted molar refractivity (Wildman–Crippen MR) is 78.9 cm³/mol. The number of hydrogen-bond acceptors (Lipinski definition) is 2. The van der Waals surface area contributed by atoms with Crippen LogP contribution in [-0.2, 0) is 11.3 Å². The van der Waals surface area contributed by atoms with E-state index in [9.17, 15) is 0 Å². The SMILES string of the molecule is CCCCOCCNCc1c(Cl)ccc(Cl)c1Cl. The summed E-state index contributed by atoms with van der Waals surface area (Å²) in [6.45, 7) is 5.01. The van der Waals surface area contributed by atoms with Crippen molar-refractivity contribution in [3.05, 3.63) is 32.8 Å². The molecule has 0 atom stereocenters. The third kappa shape index (κ3) is 5.33. The molecule has 0 radical (unpaired) electrons. The highest BCUT2D eigenvalue weighted by Gasteiger charge is 2.08. The molecule has 2 nitrogen and oxygen atoms in total. The van der Waals surface area contributed by atoms with Gasteiger partial charge in [0, 0.05) is 30.3 Å². The lowest BCUT2D eigenvalue weighted by Crippen LogP contribution is -2.20. The van der Waals surface area contributed by atoms with Gasteiger partial charge in [0.1, 0.15) is 0 Å². The van der Waals surface area contributed by atoms with Gasteiger partial charge in [-0.1, -0.05) is 48.1 Å². The summed E-state index contributed by atoms with van der Waals surface area (Å²) in [5.74, 6) is 0. The second-order valence-corrected chi connectivity index (χ2v) is 5.16. The summed E-state index contributed by atoms with van der Waals surface area (Å²) in [5, 5.41) is 4.91. The Labute approximate surface area is 124 Å². The van der Waals surface area contributed by atoms with Gasteiger partial charge in [-0.25, -0.2) is 0 Å². The first-order chi connectivity index (χ1) is 8.66. The van der Waals surface area contributed by atoms with Crippen LogP contribution in [0.2, 0.25) is 15.1 Å². The number of hydrogen-bond donors (Lipinski definition) is 1. The monoisotopic (exact) mass is 309 g/mol. The van der Waals surface area contributed by atoms with Gasteiger partial charge in [-0.2, -0.15) is 0 Å². The van der Waals surface area contributed by atoms with Crippen LogP contribution in [0, 0.1) is 0 Å². The lowest BCUT2D eigenvalue weighted by Gasteiger charge is -2.10. The molecular weight excluding hydrogens is 293 g/mol. The molecule has 1 rings (SSSR count).